The van der Waals surface area contributed by atoms with Crippen LogP contribution in [0.3, 0.4) is 0 Å². The molecule has 0 saturated carbocycles. The van der Waals surface area contributed by atoms with Gasteiger partial charge in [-0.15, -0.1) is 0 Å². The number of anilines is 2. The zero-order valence-corrected chi connectivity index (χ0v) is 7.99. The van der Waals surface area contributed by atoms with Crippen molar-refractivity contribution in [2.45, 2.75) is 20.3 Å². The monoisotopic (exact) mass is 181 g/mol. The Bertz CT molecular complexity index is 260. The van der Waals surface area contributed by atoms with Crippen LogP contribution in [0.5, 0.6) is 0 Å². The maximum Gasteiger partial charge on any atom is 0.227 e. The van der Waals surface area contributed by atoms with Crippen molar-refractivity contribution in [3.05, 3.63) is 6.33 Å². The van der Waals surface area contributed by atoms with Crippen molar-refractivity contribution in [2.75, 3.05) is 17.6 Å². The first kappa shape index (κ1) is 9.70. The fourth-order valence-electron chi connectivity index (χ4n) is 0.867. The number of hydrogen-bond acceptors (Lipinski definition) is 5. The van der Waals surface area contributed by atoms with Crippen molar-refractivity contribution in [3.63, 3.8) is 0 Å². The smallest absolute Gasteiger partial charge is 0.227 e. The summed E-state index contributed by atoms with van der Waals surface area (Å²) in [6.07, 6.45) is 2.49. The van der Waals surface area contributed by atoms with Crippen LogP contribution in [0.1, 0.15) is 20.3 Å². The minimum atomic E-state index is 0.252. The maximum atomic E-state index is 5.39. The van der Waals surface area contributed by atoms with Gasteiger partial charge >= 0.3 is 0 Å². The highest BCUT2D eigenvalue weighted by molar-refractivity contribution is 5.28. The van der Waals surface area contributed by atoms with Crippen LogP contribution in [0.25, 0.3) is 0 Å². The van der Waals surface area contributed by atoms with E-state index in [0.717, 1.165) is 13.0 Å². The zero-order chi connectivity index (χ0) is 9.68. The summed E-state index contributed by atoms with van der Waals surface area (Å²) >= 11 is 0. The molecule has 0 aromatic carbocycles. The van der Waals surface area contributed by atoms with Gasteiger partial charge in [-0.1, -0.05) is 13.8 Å². The van der Waals surface area contributed by atoms with E-state index in [0.29, 0.717) is 11.9 Å². The summed E-state index contributed by atoms with van der Waals surface area (Å²) in [6, 6.07) is 0. The predicted octanol–water partition coefficient (Wildman–Crippen LogP) is 0.912. The lowest BCUT2D eigenvalue weighted by Crippen LogP contribution is -2.09. The lowest BCUT2D eigenvalue weighted by molar-refractivity contribution is 0.606. The molecule has 0 unspecified atom stereocenters. The van der Waals surface area contributed by atoms with Gasteiger partial charge in [0.25, 0.3) is 0 Å². The zero-order valence-electron chi connectivity index (χ0n) is 7.99. The maximum absolute atomic E-state index is 5.39. The molecule has 1 heterocycles. The fraction of sp³-hybridized carbons (Fsp3) is 0.625. The van der Waals surface area contributed by atoms with Crippen LogP contribution in [0.15, 0.2) is 6.33 Å². The highest BCUT2D eigenvalue weighted by atomic mass is 15.2. The van der Waals surface area contributed by atoms with Crippen LogP contribution >= 0.6 is 0 Å². The Balaban J connectivity index is 2.37. The molecule has 13 heavy (non-hydrogen) atoms. The van der Waals surface area contributed by atoms with E-state index in [1.54, 1.807) is 0 Å². The van der Waals surface area contributed by atoms with Crippen LogP contribution in [0.2, 0.25) is 0 Å². The average molecular weight is 181 g/mol. The molecule has 0 aliphatic rings. The Morgan fingerprint density at radius 1 is 1.46 bits per heavy atom. The molecule has 72 valence electrons. The first-order chi connectivity index (χ1) is 6.18. The van der Waals surface area contributed by atoms with Crippen LogP contribution in [0.4, 0.5) is 11.9 Å². The van der Waals surface area contributed by atoms with E-state index in [2.05, 4.69) is 34.1 Å². The van der Waals surface area contributed by atoms with Gasteiger partial charge in [-0.05, 0) is 12.3 Å². The van der Waals surface area contributed by atoms with Gasteiger partial charge in [0.05, 0.1) is 0 Å². The first-order valence-electron chi connectivity index (χ1n) is 4.37. The minimum absolute atomic E-state index is 0.252. The molecule has 0 radical (unpaired) electrons. The molecule has 0 bridgehead atoms. The van der Waals surface area contributed by atoms with Gasteiger partial charge in [-0.25, -0.2) is 9.97 Å². The molecule has 1 aromatic rings. The van der Waals surface area contributed by atoms with Crippen molar-refractivity contribution >= 4 is 11.9 Å². The Morgan fingerprint density at radius 3 is 2.85 bits per heavy atom. The van der Waals surface area contributed by atoms with Gasteiger partial charge in [0.15, 0.2) is 0 Å². The summed E-state index contributed by atoms with van der Waals surface area (Å²) in [5, 5.41) is 3.07. The summed E-state index contributed by atoms with van der Waals surface area (Å²) in [6.45, 7) is 5.20. The summed E-state index contributed by atoms with van der Waals surface area (Å²) in [5.74, 6) is 1.47. The minimum Gasteiger partial charge on any atom is -0.368 e. The number of nitrogens with one attached hydrogen (secondary N) is 1. The molecule has 0 spiro atoms. The number of nitrogen functional groups attached to an aromatic ring is 1. The van der Waals surface area contributed by atoms with Gasteiger partial charge in [-0.2, -0.15) is 4.98 Å². The number of aromatic nitrogens is 3. The van der Waals surface area contributed by atoms with E-state index < -0.39 is 0 Å². The summed E-state index contributed by atoms with van der Waals surface area (Å²) < 4.78 is 0. The first-order valence-corrected chi connectivity index (χ1v) is 4.37. The molecule has 0 aliphatic carbocycles. The van der Waals surface area contributed by atoms with E-state index in [4.69, 9.17) is 5.73 Å². The van der Waals surface area contributed by atoms with E-state index in [1.165, 1.54) is 6.33 Å². The van der Waals surface area contributed by atoms with E-state index >= 15 is 0 Å². The van der Waals surface area contributed by atoms with E-state index in [1.807, 2.05) is 0 Å². The van der Waals surface area contributed by atoms with Crippen molar-refractivity contribution in [2.24, 2.45) is 5.92 Å². The van der Waals surface area contributed by atoms with Crippen molar-refractivity contribution in [1.82, 2.24) is 15.0 Å². The summed E-state index contributed by atoms with van der Waals surface area (Å²) in [4.78, 5) is 11.5. The van der Waals surface area contributed by atoms with Crippen molar-refractivity contribution < 1.29 is 0 Å². The average Bonchev–Trinajstić information content (AvgIpc) is 2.03. The molecule has 1 rings (SSSR count). The molecule has 0 saturated heterocycles. The SMILES string of the molecule is CC(C)CCNc1ncnc(N)n1. The summed E-state index contributed by atoms with van der Waals surface area (Å²) in [7, 11) is 0. The second-order valence-electron chi connectivity index (χ2n) is 3.28. The molecule has 0 fully saturated rings. The molecule has 3 N–H and O–H groups in total. The number of nitrogens with zero attached hydrogens (tertiary/aromatic N) is 3. The quantitative estimate of drug-likeness (QED) is 0.722. The van der Waals surface area contributed by atoms with Gasteiger partial charge in [-0.3, -0.25) is 0 Å². The molecule has 0 atom stereocenters. The molecule has 1 aromatic heterocycles. The molecular weight excluding hydrogens is 166 g/mol. The third kappa shape index (κ3) is 3.68. The van der Waals surface area contributed by atoms with Gasteiger partial charge in [0.2, 0.25) is 11.9 Å². The Kier molecular flexibility index (Phi) is 3.42. The van der Waals surface area contributed by atoms with E-state index in [-0.39, 0.29) is 5.95 Å². The highest BCUT2D eigenvalue weighted by Gasteiger charge is 1.97. The van der Waals surface area contributed by atoms with Crippen LogP contribution in [-0.4, -0.2) is 21.5 Å². The molecule has 0 amide bonds. The standard InChI is InChI=1S/C8H15N5/c1-6(2)3-4-10-8-12-5-11-7(9)13-8/h5-6H,3-4H2,1-2H3,(H3,9,10,11,12,13). The van der Waals surface area contributed by atoms with Gasteiger partial charge < -0.3 is 11.1 Å². The van der Waals surface area contributed by atoms with Crippen LogP contribution in [0, 0.1) is 5.92 Å². The third-order valence-corrected chi connectivity index (χ3v) is 1.60. The molecular formula is C8H15N5. The number of nitrogens with two attached hydrogens (primary N) is 1. The van der Waals surface area contributed by atoms with Crippen molar-refractivity contribution in [3.8, 4) is 0 Å². The lowest BCUT2D eigenvalue weighted by atomic mass is 10.1. The fourth-order valence-corrected chi connectivity index (χ4v) is 0.867. The Hall–Kier alpha value is -1.39. The molecule has 0 aliphatic heterocycles. The van der Waals surface area contributed by atoms with Crippen LogP contribution in [-0.2, 0) is 0 Å². The van der Waals surface area contributed by atoms with E-state index in [9.17, 15) is 0 Å². The normalized spacial score (nSPS) is 10.4. The second-order valence-corrected chi connectivity index (χ2v) is 3.28. The number of hydrogen-bond donors (Lipinski definition) is 2. The van der Waals surface area contributed by atoms with Crippen LogP contribution < -0.4 is 11.1 Å². The summed E-state index contributed by atoms with van der Waals surface area (Å²) in [5.41, 5.74) is 5.39. The van der Waals surface area contributed by atoms with Crippen molar-refractivity contribution in [1.29, 1.82) is 0 Å². The molecule has 5 heteroatoms. The predicted molar refractivity (Wildman–Crippen MR) is 52.2 cm³/mol. The van der Waals surface area contributed by atoms with Gasteiger partial charge in [0, 0.05) is 6.54 Å². The Morgan fingerprint density at radius 2 is 2.23 bits per heavy atom. The second kappa shape index (κ2) is 4.59. The number of rotatable bonds is 4. The van der Waals surface area contributed by atoms with Gasteiger partial charge in [0.1, 0.15) is 6.33 Å². The Labute approximate surface area is 77.8 Å². The largest absolute Gasteiger partial charge is 0.368 e. The highest BCUT2D eigenvalue weighted by Crippen LogP contribution is 2.01. The third-order valence-electron chi connectivity index (χ3n) is 1.60. The lowest BCUT2D eigenvalue weighted by Gasteiger charge is -2.05. The topological polar surface area (TPSA) is 76.7 Å². The molecule has 5 nitrogen and oxygen atoms in total.